The molecule has 0 aromatic carbocycles. The number of halogens is 12. The molecule has 0 spiro atoms. The van der Waals surface area contributed by atoms with Gasteiger partial charge in [0.1, 0.15) is 0 Å². The van der Waals surface area contributed by atoms with Crippen LogP contribution >= 0.6 is 0 Å². The van der Waals surface area contributed by atoms with Crippen LogP contribution in [0.15, 0.2) is 0 Å². The van der Waals surface area contributed by atoms with Gasteiger partial charge in [0.2, 0.25) is 0 Å². The van der Waals surface area contributed by atoms with Crippen molar-refractivity contribution in [3.63, 3.8) is 0 Å². The van der Waals surface area contributed by atoms with Crippen LogP contribution in [0.2, 0.25) is 0 Å². The average molecular weight is 344 g/mol. The molecule has 0 aliphatic carbocycles. The molecule has 0 aliphatic rings. The van der Waals surface area contributed by atoms with E-state index in [1.165, 1.54) is 0 Å². The van der Waals surface area contributed by atoms with Crippen LogP contribution in [0.1, 0.15) is 19.8 Å². The van der Waals surface area contributed by atoms with E-state index < -0.39 is 55.8 Å². The van der Waals surface area contributed by atoms with E-state index in [0.717, 1.165) is 0 Å². The molecule has 0 heterocycles. The van der Waals surface area contributed by atoms with Crippen molar-refractivity contribution in [2.75, 3.05) is 0 Å². The van der Waals surface area contributed by atoms with Crippen LogP contribution in [0, 0.1) is 0 Å². The maximum absolute atomic E-state index is 12.8. The fourth-order valence-electron chi connectivity index (χ4n) is 1.12. The molecule has 0 aromatic heterocycles. The smallest absolute Gasteiger partial charge is 0.203 e. The largest absolute Gasteiger partial charge is 0.371 e. The second kappa shape index (κ2) is 5.41. The molecule has 0 radical (unpaired) electrons. The summed E-state index contributed by atoms with van der Waals surface area (Å²) in [6.45, 7) is -0.632. The molecule has 0 rings (SSSR count). The number of rotatable bonds is 7. The second-order valence-electron chi connectivity index (χ2n) is 4.30. The first-order valence-electron chi connectivity index (χ1n) is 5.07. The SMILES string of the molecule is CC(F)(F)C(F)(F)C(F)(F)CCC(F)(F)C(F)(F)C(F)F. The third-order valence-corrected chi connectivity index (χ3v) is 2.53. The third kappa shape index (κ3) is 3.68. The Bertz CT molecular complexity index is 352. The molecule has 0 saturated carbocycles. The van der Waals surface area contributed by atoms with Gasteiger partial charge in [0.25, 0.3) is 0 Å². The van der Waals surface area contributed by atoms with Crippen molar-refractivity contribution in [1.82, 2.24) is 0 Å². The molecular formula is C9H8F12. The summed E-state index contributed by atoms with van der Waals surface area (Å²) in [5, 5.41) is 0. The maximum Gasteiger partial charge on any atom is 0.371 e. The predicted octanol–water partition coefficient (Wildman–Crippen LogP) is 5.23. The second-order valence-corrected chi connectivity index (χ2v) is 4.30. The first-order valence-corrected chi connectivity index (χ1v) is 5.07. The molecule has 0 amide bonds. The van der Waals surface area contributed by atoms with E-state index in [1.807, 2.05) is 0 Å². The van der Waals surface area contributed by atoms with Crippen LogP contribution in [0.5, 0.6) is 0 Å². The Kier molecular flexibility index (Phi) is 5.20. The van der Waals surface area contributed by atoms with E-state index in [2.05, 4.69) is 0 Å². The van der Waals surface area contributed by atoms with E-state index >= 15 is 0 Å². The van der Waals surface area contributed by atoms with Gasteiger partial charge >= 0.3 is 36.0 Å². The van der Waals surface area contributed by atoms with Crippen LogP contribution in [0.25, 0.3) is 0 Å². The van der Waals surface area contributed by atoms with Crippen molar-refractivity contribution in [3.05, 3.63) is 0 Å². The number of hydrogen-bond acceptors (Lipinski definition) is 0. The average Bonchev–Trinajstić information content (AvgIpc) is 2.24. The normalized spacial score (nSPS) is 15.7. The highest BCUT2D eigenvalue weighted by molar-refractivity contribution is 4.96. The van der Waals surface area contributed by atoms with Gasteiger partial charge in [-0.1, -0.05) is 0 Å². The first kappa shape index (κ1) is 20.2. The van der Waals surface area contributed by atoms with Crippen LogP contribution < -0.4 is 0 Å². The van der Waals surface area contributed by atoms with Gasteiger partial charge in [-0.2, -0.15) is 43.9 Å². The summed E-state index contributed by atoms with van der Waals surface area (Å²) in [6.07, 6.45) is -10.6. The van der Waals surface area contributed by atoms with Crippen molar-refractivity contribution in [1.29, 1.82) is 0 Å². The molecular weight excluding hydrogens is 336 g/mol. The van der Waals surface area contributed by atoms with Gasteiger partial charge in [-0.05, 0) is 0 Å². The van der Waals surface area contributed by atoms with Gasteiger partial charge in [0, 0.05) is 19.8 Å². The van der Waals surface area contributed by atoms with Gasteiger partial charge in [-0.3, -0.25) is 0 Å². The molecule has 0 atom stereocenters. The minimum Gasteiger partial charge on any atom is -0.203 e. The lowest BCUT2D eigenvalue weighted by atomic mass is 9.97. The summed E-state index contributed by atoms with van der Waals surface area (Å²) >= 11 is 0. The molecule has 0 nitrogen and oxygen atoms in total. The Hall–Kier alpha value is -0.840. The third-order valence-electron chi connectivity index (χ3n) is 2.53. The summed E-state index contributed by atoms with van der Waals surface area (Å²) in [5.41, 5.74) is 0. The van der Waals surface area contributed by atoms with Crippen molar-refractivity contribution < 1.29 is 52.7 Å². The van der Waals surface area contributed by atoms with Crippen molar-refractivity contribution in [3.8, 4) is 0 Å². The summed E-state index contributed by atoms with van der Waals surface area (Å²) in [6, 6.07) is 0. The fourth-order valence-corrected chi connectivity index (χ4v) is 1.12. The Morgan fingerprint density at radius 2 is 1.00 bits per heavy atom. The Morgan fingerprint density at radius 1 is 0.667 bits per heavy atom. The van der Waals surface area contributed by atoms with E-state index in [-0.39, 0.29) is 0 Å². The van der Waals surface area contributed by atoms with E-state index in [9.17, 15) is 52.7 Å². The van der Waals surface area contributed by atoms with Crippen molar-refractivity contribution in [2.45, 2.75) is 55.8 Å². The van der Waals surface area contributed by atoms with Crippen molar-refractivity contribution in [2.24, 2.45) is 0 Å². The maximum atomic E-state index is 12.8. The lowest BCUT2D eigenvalue weighted by molar-refractivity contribution is -0.314. The van der Waals surface area contributed by atoms with Gasteiger partial charge in [0.05, 0.1) is 0 Å². The van der Waals surface area contributed by atoms with Crippen LogP contribution in [0.3, 0.4) is 0 Å². The molecule has 12 heteroatoms. The first-order chi connectivity index (χ1) is 8.90. The minimum atomic E-state index is -6.11. The zero-order valence-electron chi connectivity index (χ0n) is 10.0. The molecule has 0 bridgehead atoms. The van der Waals surface area contributed by atoms with E-state index in [0.29, 0.717) is 0 Å². The van der Waals surface area contributed by atoms with Crippen LogP contribution in [0.4, 0.5) is 52.7 Å². The number of hydrogen-bond donors (Lipinski definition) is 0. The van der Waals surface area contributed by atoms with E-state index in [1.54, 1.807) is 0 Å². The topological polar surface area (TPSA) is 0 Å². The van der Waals surface area contributed by atoms with Gasteiger partial charge in [0.15, 0.2) is 0 Å². The van der Waals surface area contributed by atoms with Gasteiger partial charge in [-0.25, -0.2) is 8.78 Å². The highest BCUT2D eigenvalue weighted by Crippen LogP contribution is 2.50. The molecule has 0 N–H and O–H groups in total. The summed E-state index contributed by atoms with van der Waals surface area (Å²) < 4.78 is 149. The summed E-state index contributed by atoms with van der Waals surface area (Å²) in [7, 11) is 0. The minimum absolute atomic E-state index is 0.632. The summed E-state index contributed by atoms with van der Waals surface area (Å²) in [4.78, 5) is 0. The molecule has 0 unspecified atom stereocenters. The van der Waals surface area contributed by atoms with Crippen LogP contribution in [-0.4, -0.2) is 36.0 Å². The predicted molar refractivity (Wildman–Crippen MR) is 45.6 cm³/mol. The standard InChI is InChI=1S/C9H8F12/c1-5(12,13)9(20,21)7(16,17)3-2-6(14,15)8(18,19)4(10)11/h4H,2-3H2,1H3. The quantitative estimate of drug-likeness (QED) is 0.555. The van der Waals surface area contributed by atoms with Gasteiger partial charge in [-0.15, -0.1) is 0 Å². The molecule has 0 aliphatic heterocycles. The fraction of sp³-hybridized carbons (Fsp3) is 1.00. The lowest BCUT2D eigenvalue weighted by Gasteiger charge is -2.32. The monoisotopic (exact) mass is 344 g/mol. The lowest BCUT2D eigenvalue weighted by Crippen LogP contribution is -2.54. The number of alkyl halides is 12. The summed E-state index contributed by atoms with van der Waals surface area (Å²) in [5.74, 6) is -29.1. The highest BCUT2D eigenvalue weighted by Gasteiger charge is 2.70. The Labute approximate surface area is 110 Å². The Morgan fingerprint density at radius 3 is 1.29 bits per heavy atom. The molecule has 0 saturated heterocycles. The zero-order chi connectivity index (χ0) is 17.5. The highest BCUT2D eigenvalue weighted by atomic mass is 19.4. The molecule has 0 aromatic rings. The molecule has 21 heavy (non-hydrogen) atoms. The molecule has 128 valence electrons. The zero-order valence-corrected chi connectivity index (χ0v) is 10.0. The van der Waals surface area contributed by atoms with Crippen molar-refractivity contribution >= 4 is 0 Å². The van der Waals surface area contributed by atoms with Gasteiger partial charge < -0.3 is 0 Å². The molecule has 0 fully saturated rings. The van der Waals surface area contributed by atoms with Crippen LogP contribution in [-0.2, 0) is 0 Å². The Balaban J connectivity index is 5.17. The van der Waals surface area contributed by atoms with E-state index in [4.69, 9.17) is 0 Å².